The zero-order chi connectivity index (χ0) is 12.6. The molecule has 0 aliphatic carbocycles. The molecule has 0 heterocycles. The van der Waals surface area contributed by atoms with Gasteiger partial charge in [-0.1, -0.05) is 5.16 Å². The summed E-state index contributed by atoms with van der Waals surface area (Å²) in [6, 6.07) is 0. The van der Waals surface area contributed by atoms with Crippen molar-refractivity contribution in [2.24, 2.45) is 10.9 Å². The number of nitrogens with two attached hydrogens (primary N) is 1. The van der Waals surface area contributed by atoms with E-state index in [1.165, 1.54) is 0 Å². The second kappa shape index (κ2) is 6.70. The van der Waals surface area contributed by atoms with Crippen LogP contribution in [0.1, 0.15) is 13.3 Å². The number of rotatable bonds is 5. The minimum absolute atomic E-state index is 0.183. The van der Waals surface area contributed by atoms with Crippen LogP contribution in [0.4, 0.5) is 13.2 Å². The number of alkyl halides is 3. The van der Waals surface area contributed by atoms with Crippen molar-refractivity contribution in [2.45, 2.75) is 19.5 Å². The third-order valence-electron chi connectivity index (χ3n) is 1.10. The van der Waals surface area contributed by atoms with Gasteiger partial charge in [0.15, 0.2) is 0 Å². The molecule has 0 aromatic heterocycles. The first kappa shape index (κ1) is 14.3. The number of oxime groups is 1. The summed E-state index contributed by atoms with van der Waals surface area (Å²) in [5, 5.41) is 2.92. The third-order valence-corrected chi connectivity index (χ3v) is 1.10. The molecule has 92 valence electrons. The van der Waals surface area contributed by atoms with Crippen LogP contribution >= 0.6 is 0 Å². The van der Waals surface area contributed by atoms with Gasteiger partial charge in [-0.05, 0) is 6.92 Å². The first-order valence-corrected chi connectivity index (χ1v) is 4.23. The monoisotopic (exact) mass is 240 g/mol. The lowest BCUT2D eigenvalue weighted by Crippen LogP contribution is -2.21. The molecule has 0 amide bonds. The molecule has 0 radical (unpaired) electrons. The Morgan fingerprint density at radius 2 is 2.12 bits per heavy atom. The number of carbonyl (C=O) groups excluding carboxylic acids is 1. The Bertz CT molecular complexity index is 287. The Balaban J connectivity index is 3.95. The topological polar surface area (TPSA) is 73.9 Å². The molecular weight excluding hydrogens is 229 g/mol. The number of ether oxygens (including phenoxy) is 1. The second-order valence-corrected chi connectivity index (χ2v) is 2.53. The number of carbonyl (C=O) groups is 1. The van der Waals surface area contributed by atoms with Gasteiger partial charge in [0.1, 0.15) is 18.5 Å². The summed E-state index contributed by atoms with van der Waals surface area (Å²) >= 11 is 0. The van der Waals surface area contributed by atoms with Crippen LogP contribution in [0, 0.1) is 0 Å². The highest BCUT2D eigenvalue weighted by Crippen LogP contribution is 2.18. The van der Waals surface area contributed by atoms with Crippen LogP contribution in [0.25, 0.3) is 0 Å². The van der Waals surface area contributed by atoms with Crippen LogP contribution in [0.3, 0.4) is 0 Å². The Morgan fingerprint density at radius 1 is 1.50 bits per heavy atom. The molecule has 0 aromatic rings. The van der Waals surface area contributed by atoms with E-state index in [2.05, 4.69) is 14.7 Å². The van der Waals surface area contributed by atoms with Crippen molar-refractivity contribution in [1.29, 1.82) is 0 Å². The van der Waals surface area contributed by atoms with E-state index in [1.54, 1.807) is 6.92 Å². The fraction of sp³-hybridized carbons (Fsp3) is 0.500. The van der Waals surface area contributed by atoms with Gasteiger partial charge in [0, 0.05) is 0 Å². The second-order valence-electron chi connectivity index (χ2n) is 2.53. The maximum atomic E-state index is 11.7. The summed E-state index contributed by atoms with van der Waals surface area (Å²) < 4.78 is 39.7. The van der Waals surface area contributed by atoms with Crippen LogP contribution in [-0.2, 0) is 14.4 Å². The van der Waals surface area contributed by atoms with Crippen LogP contribution < -0.4 is 5.73 Å². The van der Waals surface area contributed by atoms with Crippen molar-refractivity contribution < 1.29 is 27.5 Å². The molecule has 16 heavy (non-hydrogen) atoms. The highest BCUT2D eigenvalue weighted by Gasteiger charge is 2.29. The molecule has 8 heteroatoms. The van der Waals surface area contributed by atoms with E-state index in [1.807, 2.05) is 0 Å². The highest BCUT2D eigenvalue weighted by molar-refractivity contribution is 5.82. The van der Waals surface area contributed by atoms with E-state index in [-0.39, 0.29) is 6.61 Å². The molecule has 2 N–H and O–H groups in total. The molecule has 0 aromatic carbocycles. The summed E-state index contributed by atoms with van der Waals surface area (Å²) in [7, 11) is 0. The number of hydrogen-bond acceptors (Lipinski definition) is 4. The number of hydrogen-bond donors (Lipinski definition) is 1. The molecule has 0 bridgehead atoms. The molecule has 0 rings (SSSR count). The number of amidine groups is 1. The zero-order valence-electron chi connectivity index (χ0n) is 8.45. The van der Waals surface area contributed by atoms with E-state index in [4.69, 9.17) is 5.73 Å². The van der Waals surface area contributed by atoms with Gasteiger partial charge in [-0.3, -0.25) is 0 Å². The van der Waals surface area contributed by atoms with Gasteiger partial charge in [-0.2, -0.15) is 13.2 Å². The molecule has 0 unspecified atom stereocenters. The van der Waals surface area contributed by atoms with Crippen molar-refractivity contribution >= 4 is 11.8 Å². The van der Waals surface area contributed by atoms with Crippen molar-refractivity contribution in [3.63, 3.8) is 0 Å². The van der Waals surface area contributed by atoms with Gasteiger partial charge in [-0.15, -0.1) is 0 Å². The van der Waals surface area contributed by atoms with E-state index >= 15 is 0 Å². The maximum Gasteiger partial charge on any atom is 0.396 e. The van der Waals surface area contributed by atoms with E-state index in [0.29, 0.717) is 0 Å². The number of halogens is 3. The summed E-state index contributed by atoms with van der Waals surface area (Å²) in [4.78, 5) is 14.9. The molecule has 0 atom stereocenters. The molecule has 0 aliphatic rings. The summed E-state index contributed by atoms with van der Waals surface area (Å²) in [6.07, 6.45) is -4.17. The standard InChI is InChI=1S/C8H11F3N2O3/c1-2-15-7(14)3-4-16-13-6(12)5-8(9,10)11/h3-4H,2,5H2,1H3,(H2,12,13)/b4-3+. The van der Waals surface area contributed by atoms with E-state index in [9.17, 15) is 18.0 Å². The molecule has 0 saturated heterocycles. The number of nitrogens with zero attached hydrogens (tertiary/aromatic N) is 1. The minimum atomic E-state index is -4.44. The van der Waals surface area contributed by atoms with Gasteiger partial charge in [0.05, 0.1) is 12.7 Å². The highest BCUT2D eigenvalue weighted by atomic mass is 19.4. The molecular formula is C8H11F3N2O3. The van der Waals surface area contributed by atoms with Crippen molar-refractivity contribution in [1.82, 2.24) is 0 Å². The van der Waals surface area contributed by atoms with E-state index < -0.39 is 24.4 Å². The largest absolute Gasteiger partial charge is 0.463 e. The predicted molar refractivity (Wildman–Crippen MR) is 49.2 cm³/mol. The third kappa shape index (κ3) is 8.85. The summed E-state index contributed by atoms with van der Waals surface area (Å²) in [5.74, 6) is -1.42. The maximum absolute atomic E-state index is 11.7. The van der Waals surface area contributed by atoms with Crippen LogP contribution in [0.15, 0.2) is 17.5 Å². The summed E-state index contributed by atoms with van der Waals surface area (Å²) in [5.41, 5.74) is 4.89. The minimum Gasteiger partial charge on any atom is -0.463 e. The Labute approximate surface area is 89.7 Å². The quantitative estimate of drug-likeness (QED) is 0.196. The predicted octanol–water partition coefficient (Wildman–Crippen LogP) is 1.30. The first-order valence-electron chi connectivity index (χ1n) is 4.23. The summed E-state index contributed by atoms with van der Waals surface area (Å²) in [6.45, 7) is 1.79. The van der Waals surface area contributed by atoms with Gasteiger partial charge >= 0.3 is 12.1 Å². The van der Waals surface area contributed by atoms with Gasteiger partial charge in [0.2, 0.25) is 0 Å². The van der Waals surface area contributed by atoms with Crippen molar-refractivity contribution in [3.05, 3.63) is 12.3 Å². The Morgan fingerprint density at radius 3 is 2.62 bits per heavy atom. The average molecular weight is 240 g/mol. The van der Waals surface area contributed by atoms with Crippen LogP contribution in [-0.4, -0.2) is 24.6 Å². The smallest absolute Gasteiger partial charge is 0.396 e. The van der Waals surface area contributed by atoms with Gasteiger partial charge in [0.25, 0.3) is 0 Å². The zero-order valence-corrected chi connectivity index (χ0v) is 8.45. The molecule has 5 nitrogen and oxygen atoms in total. The molecule has 0 saturated carbocycles. The molecule has 0 spiro atoms. The fourth-order valence-electron chi connectivity index (χ4n) is 0.612. The first-order chi connectivity index (χ1) is 7.35. The van der Waals surface area contributed by atoms with Crippen LogP contribution in [0.5, 0.6) is 0 Å². The van der Waals surface area contributed by atoms with Crippen molar-refractivity contribution in [2.75, 3.05) is 6.61 Å². The molecule has 0 fully saturated rings. The lowest BCUT2D eigenvalue weighted by molar-refractivity contribution is -0.137. The number of esters is 1. The molecule has 0 aliphatic heterocycles. The fourth-order valence-corrected chi connectivity index (χ4v) is 0.612. The Hall–Kier alpha value is -1.73. The van der Waals surface area contributed by atoms with E-state index in [0.717, 1.165) is 12.3 Å². The lowest BCUT2D eigenvalue weighted by Gasteiger charge is -2.03. The van der Waals surface area contributed by atoms with Crippen LogP contribution in [0.2, 0.25) is 0 Å². The van der Waals surface area contributed by atoms with Gasteiger partial charge < -0.3 is 15.3 Å². The Kier molecular flexibility index (Phi) is 5.97. The van der Waals surface area contributed by atoms with Crippen molar-refractivity contribution in [3.8, 4) is 0 Å². The van der Waals surface area contributed by atoms with Gasteiger partial charge in [-0.25, -0.2) is 4.79 Å². The average Bonchev–Trinajstić information content (AvgIpc) is 2.10. The SMILES string of the molecule is CCOC(=O)/C=C/O/N=C(\N)CC(F)(F)F. The normalized spacial score (nSPS) is 12.9. The lowest BCUT2D eigenvalue weighted by atomic mass is 10.4.